The summed E-state index contributed by atoms with van der Waals surface area (Å²) in [6.07, 6.45) is 7.65. The molecule has 0 radical (unpaired) electrons. The Morgan fingerprint density at radius 2 is 1.58 bits per heavy atom. The number of hydrogen-bond acceptors (Lipinski definition) is 7. The van der Waals surface area contributed by atoms with Gasteiger partial charge in [0.25, 0.3) is 5.91 Å². The van der Waals surface area contributed by atoms with Gasteiger partial charge in [0, 0.05) is 12.6 Å². The summed E-state index contributed by atoms with van der Waals surface area (Å²) in [4.78, 5) is 70.6. The number of nitrogens with one attached hydrogen (secondary N) is 4. The second-order valence-electron chi connectivity index (χ2n) is 18.5. The van der Waals surface area contributed by atoms with Crippen molar-refractivity contribution in [2.24, 2.45) is 28.6 Å². The lowest BCUT2D eigenvalue weighted by atomic mass is 9.83. The van der Waals surface area contributed by atoms with Crippen LogP contribution in [0.1, 0.15) is 113 Å². The lowest BCUT2D eigenvalue weighted by molar-refractivity contribution is -0.146. The van der Waals surface area contributed by atoms with Crippen LogP contribution >= 0.6 is 0 Å². The van der Waals surface area contributed by atoms with E-state index in [9.17, 15) is 32.4 Å². The summed E-state index contributed by atoms with van der Waals surface area (Å²) in [6, 6.07) is -2.55. The van der Waals surface area contributed by atoms with Gasteiger partial charge in [-0.05, 0) is 87.9 Å². The zero-order valence-electron chi connectivity index (χ0n) is 31.2. The van der Waals surface area contributed by atoms with Gasteiger partial charge < -0.3 is 26.2 Å². The van der Waals surface area contributed by atoms with Gasteiger partial charge in [-0.3, -0.25) is 19.2 Å². The Labute approximate surface area is 298 Å². The van der Waals surface area contributed by atoms with Gasteiger partial charge in [0.2, 0.25) is 17.6 Å². The van der Waals surface area contributed by atoms with Crippen molar-refractivity contribution in [1.82, 2.24) is 26.2 Å². The molecule has 1 saturated heterocycles. The number of carbonyl (C=O) groups is 5. The highest BCUT2D eigenvalue weighted by Crippen LogP contribution is 2.65. The molecule has 0 aromatic rings. The van der Waals surface area contributed by atoms with Gasteiger partial charge in [0.1, 0.15) is 17.6 Å². The largest absolute Gasteiger partial charge is 0.347 e. The van der Waals surface area contributed by atoms with Crippen LogP contribution in [0.5, 0.6) is 0 Å². The maximum absolute atomic E-state index is 14.5. The number of urea groups is 1. The summed E-state index contributed by atoms with van der Waals surface area (Å²) in [7, 11) is -3.57. The molecule has 5 fully saturated rings. The molecule has 1 aliphatic heterocycles. The first-order valence-electron chi connectivity index (χ1n) is 18.4. The third kappa shape index (κ3) is 7.35. The second kappa shape index (κ2) is 12.9. The van der Waals surface area contributed by atoms with Crippen molar-refractivity contribution in [2.75, 3.05) is 12.3 Å². The molecule has 280 valence electrons. The van der Waals surface area contributed by atoms with Crippen LogP contribution in [0.3, 0.4) is 0 Å². The van der Waals surface area contributed by atoms with Gasteiger partial charge in [0.05, 0.1) is 16.0 Å². The Kier molecular flexibility index (Phi) is 9.89. The van der Waals surface area contributed by atoms with Gasteiger partial charge >= 0.3 is 6.03 Å². The number of rotatable bonds is 12. The number of carbonyl (C=O) groups excluding carboxylic acids is 5. The number of sulfone groups is 1. The summed E-state index contributed by atoms with van der Waals surface area (Å²) >= 11 is 0. The minimum atomic E-state index is -3.57. The van der Waals surface area contributed by atoms with Crippen LogP contribution in [0.2, 0.25) is 0 Å². The normalized spacial score (nSPS) is 30.3. The zero-order valence-corrected chi connectivity index (χ0v) is 32.1. The maximum Gasteiger partial charge on any atom is 0.315 e. The fourth-order valence-electron chi connectivity index (χ4n) is 8.43. The molecule has 0 aromatic carbocycles. The number of nitrogens with zero attached hydrogens (tertiary/aromatic N) is 1. The third-order valence-corrected chi connectivity index (χ3v) is 15.0. The first-order chi connectivity index (χ1) is 23.0. The summed E-state index contributed by atoms with van der Waals surface area (Å²) < 4.78 is 25.7. The Hall–Kier alpha value is -2.96. The highest BCUT2D eigenvalue weighted by atomic mass is 32.2. The molecule has 4 saturated carbocycles. The molecular weight excluding hydrogens is 659 g/mol. The average Bonchev–Trinajstić information content (AvgIpc) is 3.94. The number of fused-ring (bicyclic) bond motifs is 1. The summed E-state index contributed by atoms with van der Waals surface area (Å²) in [6.45, 7) is 18.7. The highest BCUT2D eigenvalue weighted by molar-refractivity contribution is 7.92. The van der Waals surface area contributed by atoms with E-state index in [-0.39, 0.29) is 35.0 Å². The van der Waals surface area contributed by atoms with Crippen LogP contribution in [0.4, 0.5) is 4.79 Å². The standard InChI is InChI=1S/C37H59N5O7S/c1-10-14-22-19-37(22,28(43)30(45)38-23-15-16-23)40-29(44)26-25-24(35(25,8)9)20-42(26)31(46)27(33(2,3)4)39-32(47)41-36(17-12-11-13-18-36)21-50(48,49)34(5,6)7/h10,22-27H,1,11-21H2,2-9H3,(H,38,45)(H,40,44)(H2,39,41,47)/t22?,24-,25-,26-,27+,37?/m0/s1. The number of ketones is 1. The smallest absolute Gasteiger partial charge is 0.315 e. The Morgan fingerprint density at radius 3 is 2.12 bits per heavy atom. The molecule has 5 amide bonds. The Bertz CT molecular complexity index is 1530. The summed E-state index contributed by atoms with van der Waals surface area (Å²) in [5.41, 5.74) is -3.28. The van der Waals surface area contributed by atoms with Crippen molar-refractivity contribution >= 4 is 39.4 Å². The first-order valence-corrected chi connectivity index (χ1v) is 20.0. The van der Waals surface area contributed by atoms with E-state index in [2.05, 4.69) is 41.7 Å². The van der Waals surface area contributed by atoms with Crippen molar-refractivity contribution in [3.63, 3.8) is 0 Å². The number of likely N-dealkylation sites (tertiary alicyclic amines) is 1. The Balaban J connectivity index is 1.36. The quantitative estimate of drug-likeness (QED) is 0.177. The second-order valence-corrected chi connectivity index (χ2v) is 21.2. The fourth-order valence-corrected chi connectivity index (χ4v) is 9.95. The molecule has 1 heterocycles. The van der Waals surface area contributed by atoms with Crippen molar-refractivity contribution in [2.45, 2.75) is 147 Å². The van der Waals surface area contributed by atoms with Gasteiger partial charge in [-0.2, -0.15) is 0 Å². The summed E-state index contributed by atoms with van der Waals surface area (Å²) in [5, 5.41) is 11.6. The molecule has 4 aliphatic carbocycles. The molecule has 0 spiro atoms. The lowest BCUT2D eigenvalue weighted by Gasteiger charge is -2.41. The van der Waals surface area contributed by atoms with Crippen LogP contribution in [0.15, 0.2) is 12.7 Å². The third-order valence-electron chi connectivity index (χ3n) is 12.2. The minimum absolute atomic E-state index is 0.0123. The van der Waals surface area contributed by atoms with Gasteiger partial charge in [-0.25, -0.2) is 13.2 Å². The van der Waals surface area contributed by atoms with E-state index in [0.29, 0.717) is 32.2 Å². The Morgan fingerprint density at radius 1 is 0.960 bits per heavy atom. The summed E-state index contributed by atoms with van der Waals surface area (Å²) in [5.74, 6) is -2.81. The number of piperidine rings is 1. The van der Waals surface area contributed by atoms with Crippen molar-refractivity contribution in [3.8, 4) is 0 Å². The van der Waals surface area contributed by atoms with Crippen molar-refractivity contribution in [1.29, 1.82) is 0 Å². The minimum Gasteiger partial charge on any atom is -0.347 e. The molecule has 6 atom stereocenters. The van der Waals surface area contributed by atoms with Gasteiger partial charge in [0.15, 0.2) is 9.84 Å². The van der Waals surface area contributed by atoms with Crippen LogP contribution in [-0.2, 0) is 29.0 Å². The zero-order chi connectivity index (χ0) is 37.2. The average molecular weight is 718 g/mol. The maximum atomic E-state index is 14.5. The highest BCUT2D eigenvalue weighted by Gasteiger charge is 2.71. The molecule has 0 bridgehead atoms. The van der Waals surface area contributed by atoms with E-state index < -0.39 is 72.7 Å². The molecule has 0 aromatic heterocycles. The van der Waals surface area contributed by atoms with Gasteiger partial charge in [-0.15, -0.1) is 6.58 Å². The topological polar surface area (TPSA) is 171 Å². The van der Waals surface area contributed by atoms with Crippen LogP contribution < -0.4 is 21.3 Å². The molecule has 5 aliphatic rings. The predicted molar refractivity (Wildman–Crippen MR) is 190 cm³/mol. The number of allylic oxidation sites excluding steroid dienone is 1. The van der Waals surface area contributed by atoms with Crippen molar-refractivity contribution < 1.29 is 32.4 Å². The molecule has 13 heteroatoms. The van der Waals surface area contributed by atoms with E-state index >= 15 is 0 Å². The van der Waals surface area contributed by atoms with Crippen LogP contribution in [0, 0.1) is 28.6 Å². The lowest BCUT2D eigenvalue weighted by Crippen LogP contribution is -2.64. The molecular formula is C37H59N5O7S. The number of Topliss-reactive ketones (excluding diaryl/α,β-unsaturated/α-hetero) is 1. The molecule has 2 unspecified atom stereocenters. The van der Waals surface area contributed by atoms with E-state index in [1.165, 1.54) is 0 Å². The number of hydrogen-bond donors (Lipinski definition) is 4. The van der Waals surface area contributed by atoms with Crippen molar-refractivity contribution in [3.05, 3.63) is 12.7 Å². The predicted octanol–water partition coefficient (Wildman–Crippen LogP) is 3.40. The first kappa shape index (κ1) is 38.3. The fraction of sp³-hybridized carbons (Fsp3) is 0.811. The SMILES string of the molecule is C=CCC1CC1(NC(=O)[C@@H]1[C@@H]2[C@H](CN1C(=O)[C@@H](NC(=O)NC1(CS(=O)(=O)C(C)(C)C)CCCCC1)C(C)(C)C)C2(C)C)C(=O)C(=O)NC1CC1. The van der Waals surface area contributed by atoms with Gasteiger partial charge in [-0.1, -0.05) is 60.0 Å². The van der Waals surface area contributed by atoms with Crippen LogP contribution in [0.25, 0.3) is 0 Å². The monoisotopic (exact) mass is 717 g/mol. The van der Waals surface area contributed by atoms with Crippen LogP contribution in [-0.4, -0.2) is 89.1 Å². The van der Waals surface area contributed by atoms with E-state index in [4.69, 9.17) is 0 Å². The molecule has 4 N–H and O–H groups in total. The molecule has 12 nitrogen and oxygen atoms in total. The van der Waals surface area contributed by atoms with E-state index in [1.807, 2.05) is 20.8 Å². The molecule has 5 rings (SSSR count). The van der Waals surface area contributed by atoms with E-state index in [0.717, 1.165) is 32.1 Å². The molecule has 50 heavy (non-hydrogen) atoms. The van der Waals surface area contributed by atoms with E-state index in [1.54, 1.807) is 31.7 Å². The number of amides is 5.